The van der Waals surface area contributed by atoms with Crippen molar-refractivity contribution in [1.29, 1.82) is 0 Å². The van der Waals surface area contributed by atoms with Gasteiger partial charge in [-0.05, 0) is 29.8 Å². The Hall–Kier alpha value is -3.68. The first kappa shape index (κ1) is 17.7. The summed E-state index contributed by atoms with van der Waals surface area (Å²) in [6.07, 6.45) is 10.8. The average molecular weight is 379 g/mol. The van der Waals surface area contributed by atoms with Crippen LogP contribution in [0.3, 0.4) is 0 Å². The van der Waals surface area contributed by atoms with Gasteiger partial charge in [-0.1, -0.05) is 0 Å². The fourth-order valence-corrected chi connectivity index (χ4v) is 3.43. The number of Topliss-reactive ketones (excluding diaryl/α,β-unsaturated/α-hetero) is 1. The molecule has 3 aromatic heterocycles. The Labute approximate surface area is 160 Å². The number of hydrogen-bond acceptors (Lipinski definition) is 5. The van der Waals surface area contributed by atoms with E-state index in [9.17, 15) is 14.7 Å². The van der Waals surface area contributed by atoms with Crippen LogP contribution in [0.4, 0.5) is 0 Å². The second-order valence-electron chi connectivity index (χ2n) is 6.45. The van der Waals surface area contributed by atoms with Crippen molar-refractivity contribution in [2.75, 3.05) is 6.54 Å². The minimum atomic E-state index is -0.690. The van der Waals surface area contributed by atoms with E-state index >= 15 is 0 Å². The van der Waals surface area contributed by atoms with Gasteiger partial charge in [-0.2, -0.15) is 0 Å². The van der Waals surface area contributed by atoms with Crippen LogP contribution in [-0.4, -0.2) is 38.2 Å². The number of hydrogen-bond donors (Lipinski definition) is 2. The van der Waals surface area contributed by atoms with Crippen molar-refractivity contribution in [3.05, 3.63) is 84.3 Å². The number of aryl methyl sites for hydroxylation is 1. The van der Waals surface area contributed by atoms with Gasteiger partial charge in [0.1, 0.15) is 12.4 Å². The quantitative estimate of drug-likeness (QED) is 0.482. The third-order valence-corrected chi connectivity index (χ3v) is 4.73. The van der Waals surface area contributed by atoms with Gasteiger partial charge in [0.15, 0.2) is 11.5 Å². The lowest BCUT2D eigenvalue weighted by molar-refractivity contribution is -0.695. The minimum Gasteiger partial charge on any atom is -0.503 e. The van der Waals surface area contributed by atoms with E-state index in [-0.39, 0.29) is 11.3 Å². The SMILES string of the molecule is O=C(C1=C(O)C(=O)N(CCC[n+]2cc[nH]c2)C1c1ccncc1)c1ccco1. The Kier molecular flexibility index (Phi) is 4.76. The number of furan rings is 1. The van der Waals surface area contributed by atoms with Crippen LogP contribution in [0.5, 0.6) is 0 Å². The standard InChI is InChI=1S/C20H18N4O4/c25-18(15-3-1-12-28-15)16-17(14-4-6-21-7-5-14)24(20(27)19(16)26)10-2-9-23-11-8-22-13-23/h1,3-8,11-13,17H,2,9-10H2,(H,25,26)/p+1. The molecule has 0 fully saturated rings. The van der Waals surface area contributed by atoms with Crippen molar-refractivity contribution in [3.8, 4) is 0 Å². The Balaban J connectivity index is 1.64. The molecule has 0 saturated heterocycles. The normalized spacial score (nSPS) is 16.8. The van der Waals surface area contributed by atoms with Gasteiger partial charge >= 0.3 is 0 Å². The van der Waals surface area contributed by atoms with Crippen LogP contribution < -0.4 is 4.57 Å². The van der Waals surface area contributed by atoms with Crippen LogP contribution in [0.2, 0.25) is 0 Å². The van der Waals surface area contributed by atoms with E-state index in [1.54, 1.807) is 30.6 Å². The molecule has 3 aromatic rings. The summed E-state index contributed by atoms with van der Waals surface area (Å²) < 4.78 is 7.16. The van der Waals surface area contributed by atoms with Crippen molar-refractivity contribution in [3.63, 3.8) is 0 Å². The van der Waals surface area contributed by atoms with E-state index in [0.717, 1.165) is 0 Å². The second-order valence-corrected chi connectivity index (χ2v) is 6.45. The largest absolute Gasteiger partial charge is 0.503 e. The lowest BCUT2D eigenvalue weighted by Crippen LogP contribution is -2.36. The van der Waals surface area contributed by atoms with Crippen LogP contribution in [0.15, 0.2) is 77.4 Å². The molecule has 0 aliphatic carbocycles. The minimum absolute atomic E-state index is 0.0282. The molecular formula is C20H19N4O4+. The van der Waals surface area contributed by atoms with Gasteiger partial charge in [0.25, 0.3) is 5.91 Å². The van der Waals surface area contributed by atoms with E-state index in [4.69, 9.17) is 4.42 Å². The molecule has 4 heterocycles. The van der Waals surface area contributed by atoms with Crippen LogP contribution in [0.25, 0.3) is 0 Å². The van der Waals surface area contributed by atoms with Gasteiger partial charge in [-0.3, -0.25) is 19.6 Å². The average Bonchev–Trinajstić information content (AvgIpc) is 3.46. The molecule has 1 aliphatic rings. The predicted molar refractivity (Wildman–Crippen MR) is 97.0 cm³/mol. The zero-order valence-corrected chi connectivity index (χ0v) is 15.0. The molecule has 1 unspecified atom stereocenters. The molecule has 1 aliphatic heterocycles. The maximum atomic E-state index is 12.9. The fourth-order valence-electron chi connectivity index (χ4n) is 3.43. The Morgan fingerprint density at radius 2 is 2.14 bits per heavy atom. The number of nitrogens with one attached hydrogen (secondary N) is 1. The summed E-state index contributed by atoms with van der Waals surface area (Å²) in [5.41, 5.74) is 0.733. The summed E-state index contributed by atoms with van der Waals surface area (Å²) in [5.74, 6) is -1.51. The number of aromatic nitrogens is 3. The van der Waals surface area contributed by atoms with Crippen LogP contribution in [-0.2, 0) is 11.3 Å². The van der Waals surface area contributed by atoms with Crippen LogP contribution in [0.1, 0.15) is 28.6 Å². The number of aliphatic hydroxyl groups is 1. The zero-order valence-electron chi connectivity index (χ0n) is 15.0. The number of aliphatic hydroxyl groups excluding tert-OH is 1. The molecule has 1 amide bonds. The van der Waals surface area contributed by atoms with E-state index in [0.29, 0.717) is 25.1 Å². The predicted octanol–water partition coefficient (Wildman–Crippen LogP) is 1.96. The van der Waals surface area contributed by atoms with Crippen molar-refractivity contribution in [2.45, 2.75) is 19.0 Å². The second kappa shape index (κ2) is 7.51. The number of aromatic amines is 1. The number of carbonyl (C=O) groups excluding carboxylic acids is 2. The van der Waals surface area contributed by atoms with E-state index in [1.165, 1.54) is 17.2 Å². The number of imidazole rings is 1. The molecule has 0 saturated carbocycles. The maximum absolute atomic E-state index is 12.9. The molecule has 0 aromatic carbocycles. The highest BCUT2D eigenvalue weighted by atomic mass is 16.3. The van der Waals surface area contributed by atoms with Gasteiger partial charge in [0.2, 0.25) is 12.1 Å². The van der Waals surface area contributed by atoms with Crippen LogP contribution >= 0.6 is 0 Å². The number of ketones is 1. The monoisotopic (exact) mass is 379 g/mol. The van der Waals surface area contributed by atoms with E-state index < -0.39 is 23.5 Å². The fraction of sp³-hybridized carbons (Fsp3) is 0.200. The number of carbonyl (C=O) groups is 2. The summed E-state index contributed by atoms with van der Waals surface area (Å²) in [4.78, 5) is 34.2. The van der Waals surface area contributed by atoms with Gasteiger partial charge in [0, 0.05) is 25.4 Å². The first-order valence-corrected chi connectivity index (χ1v) is 8.91. The molecule has 2 N–H and O–H groups in total. The Morgan fingerprint density at radius 1 is 1.32 bits per heavy atom. The third kappa shape index (κ3) is 3.20. The maximum Gasteiger partial charge on any atom is 0.290 e. The highest BCUT2D eigenvalue weighted by molar-refractivity contribution is 6.14. The molecule has 8 nitrogen and oxygen atoms in total. The van der Waals surface area contributed by atoms with Crippen LogP contribution in [0, 0.1) is 0 Å². The highest BCUT2D eigenvalue weighted by Gasteiger charge is 2.44. The molecule has 1 atom stereocenters. The zero-order chi connectivity index (χ0) is 19.5. The Bertz CT molecular complexity index is 994. The summed E-state index contributed by atoms with van der Waals surface area (Å²) in [7, 11) is 0. The summed E-state index contributed by atoms with van der Waals surface area (Å²) >= 11 is 0. The topological polar surface area (TPSA) is 103 Å². The van der Waals surface area contributed by atoms with E-state index in [2.05, 4.69) is 9.97 Å². The molecule has 28 heavy (non-hydrogen) atoms. The van der Waals surface area contributed by atoms with Crippen molar-refractivity contribution in [2.24, 2.45) is 0 Å². The van der Waals surface area contributed by atoms with Gasteiger partial charge in [-0.15, -0.1) is 0 Å². The number of rotatable bonds is 7. The smallest absolute Gasteiger partial charge is 0.290 e. The van der Waals surface area contributed by atoms with Crippen molar-refractivity contribution < 1.29 is 23.7 Å². The first-order chi connectivity index (χ1) is 13.7. The molecule has 0 radical (unpaired) electrons. The molecule has 142 valence electrons. The summed E-state index contributed by atoms with van der Waals surface area (Å²) in [5, 5.41) is 10.5. The van der Waals surface area contributed by atoms with Gasteiger partial charge in [0.05, 0.1) is 24.4 Å². The number of nitrogens with zero attached hydrogens (tertiary/aromatic N) is 3. The summed E-state index contributed by atoms with van der Waals surface area (Å²) in [6.45, 7) is 1.07. The lowest BCUT2D eigenvalue weighted by atomic mass is 9.96. The molecule has 8 heteroatoms. The number of amides is 1. The van der Waals surface area contributed by atoms with Crippen molar-refractivity contribution >= 4 is 11.7 Å². The van der Waals surface area contributed by atoms with Gasteiger partial charge < -0.3 is 14.4 Å². The number of pyridine rings is 1. The molecule has 0 bridgehead atoms. The van der Waals surface area contributed by atoms with Crippen molar-refractivity contribution in [1.82, 2.24) is 14.9 Å². The molecule has 4 rings (SSSR count). The first-order valence-electron chi connectivity index (χ1n) is 8.91. The third-order valence-electron chi connectivity index (χ3n) is 4.73. The lowest BCUT2D eigenvalue weighted by Gasteiger charge is -2.26. The number of H-pyrrole nitrogens is 1. The highest BCUT2D eigenvalue weighted by Crippen LogP contribution is 2.38. The van der Waals surface area contributed by atoms with Gasteiger partial charge in [-0.25, -0.2) is 4.57 Å². The molecule has 0 spiro atoms. The molecular weight excluding hydrogens is 360 g/mol. The van der Waals surface area contributed by atoms with E-state index in [1.807, 2.05) is 23.3 Å². The Morgan fingerprint density at radius 3 is 2.82 bits per heavy atom. The summed E-state index contributed by atoms with van der Waals surface area (Å²) in [6, 6.07) is 5.89.